The normalized spacial score (nSPS) is 11.2. The number of rotatable bonds is 8. The molecule has 5 heteroatoms. The minimum Gasteiger partial charge on any atom is -0.378 e. The lowest BCUT2D eigenvalue weighted by atomic mass is 10.3. The smallest absolute Gasteiger partial charge is 0.0948 e. The summed E-state index contributed by atoms with van der Waals surface area (Å²) in [7, 11) is 4.08. The first-order valence-corrected chi connectivity index (χ1v) is 5.65. The van der Waals surface area contributed by atoms with Crippen molar-refractivity contribution in [2.75, 3.05) is 40.4 Å². The lowest BCUT2D eigenvalue weighted by molar-refractivity contribution is 0.110. The van der Waals surface area contributed by atoms with Gasteiger partial charge in [0.15, 0.2) is 0 Å². The number of hydrogen-bond acceptors (Lipinski definition) is 4. The van der Waals surface area contributed by atoms with Gasteiger partial charge >= 0.3 is 0 Å². The summed E-state index contributed by atoms with van der Waals surface area (Å²) in [5, 5.41) is 0. The fourth-order valence-electron chi connectivity index (χ4n) is 1.42. The highest BCUT2D eigenvalue weighted by Crippen LogP contribution is 1.99. The van der Waals surface area contributed by atoms with Gasteiger partial charge in [0.2, 0.25) is 0 Å². The van der Waals surface area contributed by atoms with Crippen LogP contribution in [0.1, 0.15) is 5.69 Å². The zero-order valence-corrected chi connectivity index (χ0v) is 10.2. The first-order chi connectivity index (χ1) is 7.74. The first kappa shape index (κ1) is 13.2. The van der Waals surface area contributed by atoms with Crippen molar-refractivity contribution in [3.05, 3.63) is 18.2 Å². The molecule has 2 N–H and O–H groups in total. The summed E-state index contributed by atoms with van der Waals surface area (Å²) in [6.07, 6.45) is 4.57. The van der Waals surface area contributed by atoms with E-state index in [0.717, 1.165) is 32.7 Å². The second kappa shape index (κ2) is 7.38. The van der Waals surface area contributed by atoms with E-state index in [1.807, 2.05) is 26.6 Å². The number of nitrogens with zero attached hydrogens (tertiary/aromatic N) is 3. The van der Waals surface area contributed by atoms with E-state index in [1.165, 1.54) is 5.69 Å². The lowest BCUT2D eigenvalue weighted by Gasteiger charge is -2.11. The molecule has 0 aromatic carbocycles. The van der Waals surface area contributed by atoms with Crippen LogP contribution in [0.3, 0.4) is 0 Å². The van der Waals surface area contributed by atoms with E-state index in [4.69, 9.17) is 10.5 Å². The van der Waals surface area contributed by atoms with Gasteiger partial charge in [0.05, 0.1) is 19.5 Å². The van der Waals surface area contributed by atoms with Gasteiger partial charge < -0.3 is 19.9 Å². The highest BCUT2D eigenvalue weighted by molar-refractivity contribution is 4.98. The molecule has 0 saturated heterocycles. The Morgan fingerprint density at radius 1 is 1.44 bits per heavy atom. The van der Waals surface area contributed by atoms with E-state index < -0.39 is 0 Å². The Bertz CT molecular complexity index is 285. The Hall–Kier alpha value is -0.910. The second-order valence-electron chi connectivity index (χ2n) is 4.03. The minimum atomic E-state index is 0.660. The van der Waals surface area contributed by atoms with Gasteiger partial charge in [0, 0.05) is 31.4 Å². The maximum Gasteiger partial charge on any atom is 0.0948 e. The quantitative estimate of drug-likeness (QED) is 0.632. The lowest BCUT2D eigenvalue weighted by Crippen LogP contribution is -2.19. The highest BCUT2D eigenvalue weighted by atomic mass is 16.5. The molecule has 0 saturated carbocycles. The standard InChI is InChI=1S/C11H22N4O/c1-14(2)5-7-16-8-6-15-10-13-9-11(15)3-4-12/h9-10H,3-8,12H2,1-2H3. The molecule has 0 radical (unpaired) electrons. The maximum atomic E-state index is 5.53. The molecule has 1 aromatic heterocycles. The molecular formula is C11H22N4O. The van der Waals surface area contributed by atoms with Gasteiger partial charge in [-0.25, -0.2) is 4.98 Å². The van der Waals surface area contributed by atoms with Gasteiger partial charge in [0.25, 0.3) is 0 Å². The number of ether oxygens (including phenoxy) is 1. The van der Waals surface area contributed by atoms with Crippen LogP contribution in [0.5, 0.6) is 0 Å². The second-order valence-corrected chi connectivity index (χ2v) is 4.03. The third-order valence-electron chi connectivity index (χ3n) is 2.36. The number of likely N-dealkylation sites (N-methyl/N-ethyl adjacent to an activating group) is 1. The molecule has 1 aromatic rings. The van der Waals surface area contributed by atoms with Crippen LogP contribution in [0.15, 0.2) is 12.5 Å². The summed E-state index contributed by atoms with van der Waals surface area (Å²) >= 11 is 0. The summed E-state index contributed by atoms with van der Waals surface area (Å²) < 4.78 is 7.63. The summed E-state index contributed by atoms with van der Waals surface area (Å²) in [5.41, 5.74) is 6.70. The minimum absolute atomic E-state index is 0.660. The van der Waals surface area contributed by atoms with Crippen molar-refractivity contribution in [1.29, 1.82) is 0 Å². The topological polar surface area (TPSA) is 56.3 Å². The van der Waals surface area contributed by atoms with Crippen LogP contribution in [0.4, 0.5) is 0 Å². The van der Waals surface area contributed by atoms with E-state index >= 15 is 0 Å². The molecule has 0 amide bonds. The number of imidazole rings is 1. The number of nitrogens with two attached hydrogens (primary N) is 1. The molecular weight excluding hydrogens is 204 g/mol. The Morgan fingerprint density at radius 2 is 2.25 bits per heavy atom. The van der Waals surface area contributed by atoms with Gasteiger partial charge in [-0.1, -0.05) is 0 Å². The van der Waals surface area contributed by atoms with Gasteiger partial charge in [-0.3, -0.25) is 0 Å². The van der Waals surface area contributed by atoms with Crippen molar-refractivity contribution in [3.63, 3.8) is 0 Å². The average molecular weight is 226 g/mol. The van der Waals surface area contributed by atoms with Gasteiger partial charge in [-0.2, -0.15) is 0 Å². The van der Waals surface area contributed by atoms with Crippen molar-refractivity contribution in [2.45, 2.75) is 13.0 Å². The Labute approximate surface area is 97.2 Å². The molecule has 1 rings (SSSR count). The summed E-state index contributed by atoms with van der Waals surface area (Å²) in [4.78, 5) is 6.22. The van der Waals surface area contributed by atoms with Gasteiger partial charge in [-0.15, -0.1) is 0 Å². The van der Waals surface area contributed by atoms with Gasteiger partial charge in [-0.05, 0) is 20.6 Å². The molecule has 16 heavy (non-hydrogen) atoms. The van der Waals surface area contributed by atoms with Crippen LogP contribution < -0.4 is 5.73 Å². The van der Waals surface area contributed by atoms with Crippen molar-refractivity contribution in [2.24, 2.45) is 5.73 Å². The molecule has 1 heterocycles. The third kappa shape index (κ3) is 4.74. The fourth-order valence-corrected chi connectivity index (χ4v) is 1.42. The third-order valence-corrected chi connectivity index (χ3v) is 2.36. The fraction of sp³-hybridized carbons (Fsp3) is 0.727. The average Bonchev–Trinajstić information content (AvgIpc) is 2.65. The monoisotopic (exact) mass is 226 g/mol. The number of aromatic nitrogens is 2. The van der Waals surface area contributed by atoms with E-state index in [0.29, 0.717) is 6.54 Å². The Balaban J connectivity index is 2.18. The number of hydrogen-bond donors (Lipinski definition) is 1. The summed E-state index contributed by atoms with van der Waals surface area (Å²) in [6, 6.07) is 0. The largest absolute Gasteiger partial charge is 0.378 e. The van der Waals surface area contributed by atoms with Crippen LogP contribution in [0, 0.1) is 0 Å². The predicted molar refractivity (Wildman–Crippen MR) is 64.4 cm³/mol. The predicted octanol–water partition coefficient (Wildman–Crippen LogP) is -0.0375. The molecule has 0 spiro atoms. The van der Waals surface area contributed by atoms with Crippen LogP contribution in [0.25, 0.3) is 0 Å². The Morgan fingerprint density at radius 3 is 2.94 bits per heavy atom. The molecule has 0 fully saturated rings. The first-order valence-electron chi connectivity index (χ1n) is 5.65. The van der Waals surface area contributed by atoms with Crippen LogP contribution >= 0.6 is 0 Å². The van der Waals surface area contributed by atoms with Crippen LogP contribution in [-0.2, 0) is 17.7 Å². The highest BCUT2D eigenvalue weighted by Gasteiger charge is 2.00. The molecule has 0 aliphatic heterocycles. The molecule has 0 unspecified atom stereocenters. The SMILES string of the molecule is CN(C)CCOCCn1cncc1CCN. The summed E-state index contributed by atoms with van der Waals surface area (Å²) in [6.45, 7) is 3.96. The van der Waals surface area contributed by atoms with E-state index in [1.54, 1.807) is 0 Å². The van der Waals surface area contributed by atoms with E-state index in [2.05, 4.69) is 14.5 Å². The van der Waals surface area contributed by atoms with E-state index in [-0.39, 0.29) is 0 Å². The molecule has 0 bridgehead atoms. The van der Waals surface area contributed by atoms with Crippen molar-refractivity contribution < 1.29 is 4.74 Å². The van der Waals surface area contributed by atoms with Crippen molar-refractivity contribution in [3.8, 4) is 0 Å². The molecule has 0 aliphatic carbocycles. The van der Waals surface area contributed by atoms with Crippen LogP contribution in [0.2, 0.25) is 0 Å². The molecule has 92 valence electrons. The molecule has 0 atom stereocenters. The van der Waals surface area contributed by atoms with Gasteiger partial charge in [0.1, 0.15) is 0 Å². The molecule has 0 aliphatic rings. The maximum absolute atomic E-state index is 5.53. The van der Waals surface area contributed by atoms with Crippen molar-refractivity contribution >= 4 is 0 Å². The molecule has 5 nitrogen and oxygen atoms in total. The zero-order valence-electron chi connectivity index (χ0n) is 10.2. The van der Waals surface area contributed by atoms with Crippen LogP contribution in [-0.4, -0.2) is 54.8 Å². The Kier molecular flexibility index (Phi) is 6.07. The van der Waals surface area contributed by atoms with Crippen molar-refractivity contribution in [1.82, 2.24) is 14.5 Å². The summed E-state index contributed by atoms with van der Waals surface area (Å²) in [5.74, 6) is 0. The zero-order chi connectivity index (χ0) is 11.8. The van der Waals surface area contributed by atoms with E-state index in [9.17, 15) is 0 Å².